The van der Waals surface area contributed by atoms with Crippen LogP contribution in [0.3, 0.4) is 0 Å². The fourth-order valence-electron chi connectivity index (χ4n) is 8.37. The van der Waals surface area contributed by atoms with Gasteiger partial charge < -0.3 is 29.6 Å². The lowest BCUT2D eigenvalue weighted by Crippen LogP contribution is -2.35. The van der Waals surface area contributed by atoms with E-state index in [0.717, 1.165) is 75.8 Å². The first-order valence-corrected chi connectivity index (χ1v) is 20.1. The summed E-state index contributed by atoms with van der Waals surface area (Å²) in [4.78, 5) is 27.6. The van der Waals surface area contributed by atoms with Crippen molar-refractivity contribution in [2.45, 2.75) is 50.7 Å². The quantitative estimate of drug-likeness (QED) is 0.174. The summed E-state index contributed by atoms with van der Waals surface area (Å²) >= 11 is 0. The van der Waals surface area contributed by atoms with Crippen molar-refractivity contribution in [3.8, 4) is 0 Å². The Morgan fingerprint density at radius 2 is 0.947 bits per heavy atom. The molecular weight excluding hydrogens is 713 g/mol. The van der Waals surface area contributed by atoms with Gasteiger partial charge in [-0.25, -0.2) is 0 Å². The molecule has 1 aliphatic rings. The summed E-state index contributed by atoms with van der Waals surface area (Å²) in [5.74, 6) is -0.249. The standard InChI is InChI=1S/C49H46N2O6/c1-31-47(49(53)51-41-25-21-37-17-15-33-11-9-13-35-19-23-39(41)46(37)44(33)35)57-29-7-2-4-26-54-30-42(56-28-6-3-5-27-55-31)48(52)50-40-24-20-36-16-14-32-10-8-12-34-18-22-38(40)45(36)43(32)34/h8-25,42,47H,1-7,26-30H2,(H,50,52)(H,51,53). The van der Waals surface area contributed by atoms with Crippen molar-refractivity contribution in [3.05, 3.63) is 122 Å². The average Bonchev–Trinajstić information content (AvgIpc) is 3.23. The van der Waals surface area contributed by atoms with Gasteiger partial charge in [0.2, 0.25) is 0 Å². The minimum Gasteiger partial charge on any atom is -0.495 e. The first-order valence-electron chi connectivity index (χ1n) is 20.1. The van der Waals surface area contributed by atoms with Gasteiger partial charge in [-0.3, -0.25) is 9.59 Å². The molecule has 1 saturated heterocycles. The molecule has 0 saturated carbocycles. The first-order chi connectivity index (χ1) is 28.0. The van der Waals surface area contributed by atoms with Crippen LogP contribution in [0.1, 0.15) is 38.5 Å². The summed E-state index contributed by atoms with van der Waals surface area (Å²) in [5.41, 5.74) is 1.48. The van der Waals surface area contributed by atoms with E-state index in [9.17, 15) is 9.59 Å². The van der Waals surface area contributed by atoms with Crippen LogP contribution in [0.25, 0.3) is 64.6 Å². The van der Waals surface area contributed by atoms with Gasteiger partial charge >= 0.3 is 0 Å². The summed E-state index contributed by atoms with van der Waals surface area (Å²) in [6, 6.07) is 37.6. The van der Waals surface area contributed by atoms with Crippen molar-refractivity contribution >= 4 is 87.8 Å². The van der Waals surface area contributed by atoms with Gasteiger partial charge in [0, 0.05) is 42.0 Å². The predicted molar refractivity (Wildman–Crippen MR) is 231 cm³/mol. The van der Waals surface area contributed by atoms with Gasteiger partial charge in [-0.2, -0.15) is 0 Å². The second-order valence-corrected chi connectivity index (χ2v) is 15.0. The number of benzene rings is 8. The predicted octanol–water partition coefficient (Wildman–Crippen LogP) is 10.7. The third-order valence-corrected chi connectivity index (χ3v) is 11.3. The number of amides is 2. The zero-order chi connectivity index (χ0) is 38.7. The highest BCUT2D eigenvalue weighted by Crippen LogP contribution is 2.39. The molecule has 2 unspecified atom stereocenters. The molecule has 288 valence electrons. The smallest absolute Gasteiger partial charge is 0.261 e. The van der Waals surface area contributed by atoms with E-state index in [0.29, 0.717) is 32.8 Å². The Balaban J connectivity index is 0.832. The van der Waals surface area contributed by atoms with Crippen LogP contribution >= 0.6 is 0 Å². The van der Waals surface area contributed by atoms with Crippen LogP contribution in [0.15, 0.2) is 122 Å². The molecule has 0 spiro atoms. The van der Waals surface area contributed by atoms with Crippen molar-refractivity contribution in [1.29, 1.82) is 0 Å². The molecule has 1 fully saturated rings. The van der Waals surface area contributed by atoms with Crippen molar-refractivity contribution in [2.75, 3.05) is 43.7 Å². The summed E-state index contributed by atoms with van der Waals surface area (Å²) < 4.78 is 24.4. The lowest BCUT2D eigenvalue weighted by molar-refractivity contribution is -0.132. The van der Waals surface area contributed by atoms with E-state index in [4.69, 9.17) is 18.9 Å². The van der Waals surface area contributed by atoms with Gasteiger partial charge in [0.15, 0.2) is 12.2 Å². The molecule has 9 rings (SSSR count). The zero-order valence-corrected chi connectivity index (χ0v) is 32.0. The van der Waals surface area contributed by atoms with E-state index in [1.165, 1.54) is 32.3 Å². The van der Waals surface area contributed by atoms with Gasteiger partial charge in [-0.1, -0.05) is 104 Å². The molecule has 0 aliphatic carbocycles. The maximum absolute atomic E-state index is 13.9. The molecule has 57 heavy (non-hydrogen) atoms. The number of carbonyl (C=O) groups is 2. The fourth-order valence-corrected chi connectivity index (χ4v) is 8.37. The second kappa shape index (κ2) is 16.4. The van der Waals surface area contributed by atoms with Gasteiger partial charge in [0.1, 0.15) is 5.76 Å². The fraction of sp³-hybridized carbons (Fsp3) is 0.265. The van der Waals surface area contributed by atoms with Crippen LogP contribution < -0.4 is 10.6 Å². The van der Waals surface area contributed by atoms with Gasteiger partial charge in [-0.15, -0.1) is 0 Å². The van der Waals surface area contributed by atoms with Crippen LogP contribution in [0.2, 0.25) is 0 Å². The van der Waals surface area contributed by atoms with Gasteiger partial charge in [0.25, 0.3) is 11.8 Å². The SMILES string of the molecule is C=C1OCCCCCOC(C(=O)Nc2ccc3ccc4cccc5ccc2c3c45)COCCCCCOC1C(=O)Nc1ccc2ccc3cccc4ccc1c2c34. The highest BCUT2D eigenvalue weighted by Gasteiger charge is 2.26. The molecule has 2 N–H and O–H groups in total. The zero-order valence-electron chi connectivity index (χ0n) is 32.0. The van der Waals surface area contributed by atoms with Crippen molar-refractivity contribution in [3.63, 3.8) is 0 Å². The van der Waals surface area contributed by atoms with Crippen molar-refractivity contribution in [2.24, 2.45) is 0 Å². The summed E-state index contributed by atoms with van der Waals surface area (Å²) in [6.07, 6.45) is 2.84. The van der Waals surface area contributed by atoms with E-state index in [2.05, 4.69) is 108 Å². The van der Waals surface area contributed by atoms with E-state index >= 15 is 0 Å². The lowest BCUT2D eigenvalue weighted by atomic mass is 9.93. The molecule has 8 nitrogen and oxygen atoms in total. The van der Waals surface area contributed by atoms with Gasteiger partial charge in [-0.05, 0) is 105 Å². The van der Waals surface area contributed by atoms with E-state index < -0.39 is 12.2 Å². The Morgan fingerprint density at radius 1 is 0.491 bits per heavy atom. The number of anilines is 2. The molecule has 1 heterocycles. The van der Waals surface area contributed by atoms with Crippen LogP contribution in [0, 0.1) is 0 Å². The first kappa shape index (κ1) is 36.8. The molecule has 2 amide bonds. The normalized spacial score (nSPS) is 18.6. The topological polar surface area (TPSA) is 95.1 Å². The average molecular weight is 759 g/mol. The summed E-state index contributed by atoms with van der Waals surface area (Å²) in [5, 5.41) is 19.9. The molecule has 1 aliphatic heterocycles. The number of hydrogen-bond acceptors (Lipinski definition) is 6. The molecule has 8 heteroatoms. The summed E-state index contributed by atoms with van der Waals surface area (Å²) in [6.45, 7) is 5.89. The third kappa shape index (κ3) is 7.44. The molecule has 0 radical (unpaired) electrons. The molecule has 8 aromatic rings. The molecular formula is C49H46N2O6. The monoisotopic (exact) mass is 758 g/mol. The molecule has 2 atom stereocenters. The number of hydrogen-bond donors (Lipinski definition) is 2. The van der Waals surface area contributed by atoms with Crippen LogP contribution in [-0.4, -0.2) is 57.1 Å². The highest BCUT2D eigenvalue weighted by atomic mass is 16.5. The minimum absolute atomic E-state index is 0.155. The van der Waals surface area contributed by atoms with Crippen LogP contribution in [-0.2, 0) is 28.5 Å². The van der Waals surface area contributed by atoms with Crippen LogP contribution in [0.5, 0.6) is 0 Å². The number of nitrogens with one attached hydrogen (secondary N) is 2. The minimum atomic E-state index is -0.963. The third-order valence-electron chi connectivity index (χ3n) is 11.3. The Kier molecular flexibility index (Phi) is 10.6. The summed E-state index contributed by atoms with van der Waals surface area (Å²) in [7, 11) is 0. The Labute approximate surface area is 331 Å². The second-order valence-electron chi connectivity index (χ2n) is 15.0. The van der Waals surface area contributed by atoms with E-state index in [1.54, 1.807) is 0 Å². The van der Waals surface area contributed by atoms with Crippen LogP contribution in [0.4, 0.5) is 11.4 Å². The number of carbonyl (C=O) groups excluding carboxylic acids is 2. The van der Waals surface area contributed by atoms with E-state index in [-0.39, 0.29) is 24.2 Å². The van der Waals surface area contributed by atoms with Crippen molar-refractivity contribution in [1.82, 2.24) is 0 Å². The van der Waals surface area contributed by atoms with Crippen molar-refractivity contribution < 1.29 is 28.5 Å². The number of rotatable bonds is 4. The molecule has 0 bridgehead atoms. The highest BCUT2D eigenvalue weighted by molar-refractivity contribution is 6.27. The maximum Gasteiger partial charge on any atom is 0.261 e. The molecule has 0 aromatic heterocycles. The van der Waals surface area contributed by atoms with E-state index in [1.807, 2.05) is 18.2 Å². The van der Waals surface area contributed by atoms with Gasteiger partial charge in [0.05, 0.1) is 13.2 Å². The largest absolute Gasteiger partial charge is 0.495 e. The lowest BCUT2D eigenvalue weighted by Gasteiger charge is -2.22. The number of ether oxygens (including phenoxy) is 4. The molecule has 8 aromatic carbocycles. The maximum atomic E-state index is 13.9. The Hall–Kier alpha value is -5.80. The Morgan fingerprint density at radius 3 is 1.53 bits per heavy atom. The Bertz CT molecular complexity index is 2690.